The summed E-state index contributed by atoms with van der Waals surface area (Å²) < 4.78 is 21.5. The van der Waals surface area contributed by atoms with Gasteiger partial charge in [-0.1, -0.05) is 19.9 Å². The monoisotopic (exact) mass is 444 g/mol. The topological polar surface area (TPSA) is 112 Å². The molecule has 9 nitrogen and oxygen atoms in total. The molecule has 2 aliphatic rings. The first kappa shape index (κ1) is 21.4. The van der Waals surface area contributed by atoms with Crippen molar-refractivity contribution in [3.8, 4) is 5.95 Å². The molecule has 0 atom stereocenters. The van der Waals surface area contributed by atoms with E-state index in [9.17, 15) is 14.6 Å². The fraction of sp³-hybridized carbons (Fsp3) is 0.591. The minimum Gasteiger partial charge on any atom is -0.380 e. The summed E-state index contributed by atoms with van der Waals surface area (Å²) in [5.41, 5.74) is -0.944. The van der Waals surface area contributed by atoms with Crippen LogP contribution in [-0.2, 0) is 5.60 Å². The number of hydrogen-bond acceptors (Lipinski definition) is 8. The Labute approximate surface area is 185 Å². The number of halogens is 1. The van der Waals surface area contributed by atoms with E-state index in [-0.39, 0.29) is 23.6 Å². The Morgan fingerprint density at radius 3 is 2.53 bits per heavy atom. The molecule has 0 bridgehead atoms. The maximum absolute atomic E-state index is 14.5. The lowest BCUT2D eigenvalue weighted by Gasteiger charge is -2.46. The van der Waals surface area contributed by atoms with Crippen molar-refractivity contribution in [3.05, 3.63) is 35.6 Å². The zero-order valence-corrected chi connectivity index (χ0v) is 18.4. The molecule has 32 heavy (non-hydrogen) atoms. The van der Waals surface area contributed by atoms with Crippen molar-refractivity contribution >= 4 is 10.9 Å². The van der Waals surface area contributed by atoms with Crippen LogP contribution in [0.2, 0.25) is 0 Å². The van der Waals surface area contributed by atoms with Gasteiger partial charge < -0.3 is 20.1 Å². The molecule has 3 aromatic rings. The van der Waals surface area contributed by atoms with Crippen LogP contribution in [0.25, 0.3) is 16.9 Å². The molecule has 1 aromatic carbocycles. The van der Waals surface area contributed by atoms with Gasteiger partial charge in [-0.05, 0) is 49.1 Å². The molecule has 2 aromatic heterocycles. The van der Waals surface area contributed by atoms with Crippen LogP contribution in [0.5, 0.6) is 0 Å². The summed E-state index contributed by atoms with van der Waals surface area (Å²) >= 11 is 0. The highest BCUT2D eigenvalue weighted by atomic mass is 19.1. The third-order valence-corrected chi connectivity index (χ3v) is 6.82. The fourth-order valence-electron chi connectivity index (χ4n) is 4.85. The van der Waals surface area contributed by atoms with Gasteiger partial charge in [0.05, 0.1) is 16.6 Å². The van der Waals surface area contributed by atoms with Crippen LogP contribution in [0, 0.1) is 5.82 Å². The van der Waals surface area contributed by atoms with Crippen LogP contribution in [0.3, 0.4) is 0 Å². The van der Waals surface area contributed by atoms with Crippen molar-refractivity contribution in [1.82, 2.24) is 30.1 Å². The summed E-state index contributed by atoms with van der Waals surface area (Å²) in [6, 6.07) is 4.80. The lowest BCUT2D eigenvalue weighted by molar-refractivity contribution is -0.161. The molecule has 0 saturated carbocycles. The van der Waals surface area contributed by atoms with Gasteiger partial charge >= 0.3 is 0 Å². The van der Waals surface area contributed by atoms with Gasteiger partial charge in [-0.2, -0.15) is 14.8 Å². The third-order valence-electron chi connectivity index (χ3n) is 6.82. The standard InChI is InChI=1S/C22H29FN6O3/c1-14(2)18-17-15(23)4-3-5-16(17)29(26-18)20-25-19(32-27-20)21(30)8-12-28(13-9-21)22(31)6-10-24-11-7-22/h3-5,14,24,30-31H,6-13H2,1-2H3. The molecule has 0 radical (unpaired) electrons. The fourth-order valence-corrected chi connectivity index (χ4v) is 4.85. The molecule has 4 heterocycles. The zero-order chi connectivity index (χ0) is 22.5. The Morgan fingerprint density at radius 1 is 1.12 bits per heavy atom. The van der Waals surface area contributed by atoms with Crippen LogP contribution in [-0.4, -0.2) is 66.9 Å². The number of rotatable bonds is 4. The van der Waals surface area contributed by atoms with E-state index in [1.165, 1.54) is 10.7 Å². The maximum Gasteiger partial charge on any atom is 0.291 e. The average Bonchev–Trinajstić information content (AvgIpc) is 3.41. The second-order valence-corrected chi connectivity index (χ2v) is 9.24. The number of likely N-dealkylation sites (tertiary alicyclic amines) is 1. The van der Waals surface area contributed by atoms with E-state index >= 15 is 0 Å². The number of hydrogen-bond donors (Lipinski definition) is 3. The van der Waals surface area contributed by atoms with Gasteiger partial charge in [0.1, 0.15) is 17.1 Å². The number of benzene rings is 1. The van der Waals surface area contributed by atoms with Crippen LogP contribution >= 0.6 is 0 Å². The number of fused-ring (bicyclic) bond motifs is 1. The van der Waals surface area contributed by atoms with Crippen LogP contribution in [0.15, 0.2) is 22.7 Å². The quantitative estimate of drug-likeness (QED) is 0.560. The zero-order valence-electron chi connectivity index (χ0n) is 18.4. The predicted molar refractivity (Wildman–Crippen MR) is 115 cm³/mol. The lowest BCUT2D eigenvalue weighted by atomic mass is 9.88. The lowest BCUT2D eigenvalue weighted by Crippen LogP contribution is -2.58. The first-order chi connectivity index (χ1) is 15.3. The maximum atomic E-state index is 14.5. The van der Waals surface area contributed by atoms with E-state index in [0.717, 1.165) is 13.1 Å². The molecule has 2 saturated heterocycles. The number of aromatic nitrogens is 4. The van der Waals surface area contributed by atoms with Gasteiger partial charge in [-0.15, -0.1) is 0 Å². The largest absolute Gasteiger partial charge is 0.380 e. The molecule has 5 rings (SSSR count). The minimum absolute atomic E-state index is 0.0105. The Hall–Kier alpha value is -2.40. The summed E-state index contributed by atoms with van der Waals surface area (Å²) in [6.07, 6.45) is 2.07. The summed E-state index contributed by atoms with van der Waals surface area (Å²) in [5.74, 6) is -0.0507. The van der Waals surface area contributed by atoms with Crippen molar-refractivity contribution in [2.45, 2.75) is 56.8 Å². The minimum atomic E-state index is -1.28. The van der Waals surface area contributed by atoms with Gasteiger partial charge in [-0.3, -0.25) is 4.90 Å². The highest BCUT2D eigenvalue weighted by molar-refractivity contribution is 5.84. The third kappa shape index (κ3) is 3.51. The van der Waals surface area contributed by atoms with Gasteiger partial charge in [0, 0.05) is 25.9 Å². The first-order valence-corrected chi connectivity index (χ1v) is 11.2. The Morgan fingerprint density at radius 2 is 1.84 bits per heavy atom. The van der Waals surface area contributed by atoms with Crippen molar-refractivity contribution in [2.75, 3.05) is 26.2 Å². The van der Waals surface area contributed by atoms with Crippen molar-refractivity contribution in [1.29, 1.82) is 0 Å². The highest BCUT2D eigenvalue weighted by Crippen LogP contribution is 2.36. The van der Waals surface area contributed by atoms with Gasteiger partial charge in [0.15, 0.2) is 0 Å². The second-order valence-electron chi connectivity index (χ2n) is 9.24. The molecule has 0 amide bonds. The van der Waals surface area contributed by atoms with Crippen molar-refractivity contribution in [2.24, 2.45) is 0 Å². The Bertz CT molecular complexity index is 1110. The normalized spacial score (nSPS) is 21.4. The number of nitrogens with zero attached hydrogens (tertiary/aromatic N) is 5. The second kappa shape index (κ2) is 7.87. The number of piperidine rings is 2. The number of nitrogens with one attached hydrogen (secondary N) is 1. The van der Waals surface area contributed by atoms with Crippen molar-refractivity contribution < 1.29 is 19.1 Å². The molecule has 2 aliphatic heterocycles. The molecule has 2 fully saturated rings. The van der Waals surface area contributed by atoms with E-state index < -0.39 is 11.3 Å². The van der Waals surface area contributed by atoms with E-state index in [2.05, 4.69) is 20.6 Å². The number of aliphatic hydroxyl groups is 2. The summed E-state index contributed by atoms with van der Waals surface area (Å²) in [4.78, 5) is 6.48. The molecule has 172 valence electrons. The molecule has 0 aliphatic carbocycles. The van der Waals surface area contributed by atoms with E-state index in [1.807, 2.05) is 18.7 Å². The smallest absolute Gasteiger partial charge is 0.291 e. The Balaban J connectivity index is 1.41. The van der Waals surface area contributed by atoms with Gasteiger partial charge in [0.25, 0.3) is 11.8 Å². The van der Waals surface area contributed by atoms with Gasteiger partial charge in [0.2, 0.25) is 0 Å². The summed E-state index contributed by atoms with van der Waals surface area (Å²) in [7, 11) is 0. The molecular weight excluding hydrogens is 415 g/mol. The van der Waals surface area contributed by atoms with E-state index in [0.29, 0.717) is 55.4 Å². The summed E-state index contributed by atoms with van der Waals surface area (Å²) in [5, 5.41) is 34.5. The van der Waals surface area contributed by atoms with E-state index in [1.54, 1.807) is 12.1 Å². The summed E-state index contributed by atoms with van der Waals surface area (Å²) in [6.45, 7) is 6.51. The van der Waals surface area contributed by atoms with Crippen LogP contribution in [0.4, 0.5) is 4.39 Å². The molecule has 0 spiro atoms. The first-order valence-electron chi connectivity index (χ1n) is 11.2. The molecule has 0 unspecified atom stereocenters. The average molecular weight is 445 g/mol. The van der Waals surface area contributed by atoms with E-state index in [4.69, 9.17) is 4.52 Å². The SMILES string of the molecule is CC(C)c1nn(-c2noc(C3(O)CCN(C4(O)CCNCC4)CC3)n2)c2cccc(F)c12. The van der Waals surface area contributed by atoms with Crippen molar-refractivity contribution in [3.63, 3.8) is 0 Å². The highest BCUT2D eigenvalue weighted by Gasteiger charge is 2.45. The molecule has 3 N–H and O–H groups in total. The molecule has 10 heteroatoms. The molecular formula is C22H29FN6O3. The Kier molecular flexibility index (Phi) is 5.28. The predicted octanol–water partition coefficient (Wildman–Crippen LogP) is 2.03. The van der Waals surface area contributed by atoms with Crippen LogP contribution < -0.4 is 5.32 Å². The van der Waals surface area contributed by atoms with Crippen LogP contribution in [0.1, 0.15) is 57.0 Å². The van der Waals surface area contributed by atoms with Gasteiger partial charge in [-0.25, -0.2) is 4.39 Å².